The average Bonchev–Trinajstić information content (AvgIpc) is 3.06. The number of aliphatic hydroxyl groups is 1. The molecule has 0 saturated carbocycles. The summed E-state index contributed by atoms with van der Waals surface area (Å²) in [6, 6.07) is 9.88. The van der Waals surface area contributed by atoms with Crippen molar-refractivity contribution >= 4 is 11.6 Å². The van der Waals surface area contributed by atoms with Gasteiger partial charge in [-0.25, -0.2) is 0 Å². The molecule has 1 N–H and O–H groups in total. The van der Waals surface area contributed by atoms with Gasteiger partial charge in [-0.1, -0.05) is 0 Å². The molecular weight excluding hydrogens is 431 g/mol. The van der Waals surface area contributed by atoms with Gasteiger partial charge in [-0.15, -0.1) is 13.2 Å². The monoisotopic (exact) mass is 455 g/mol. The van der Waals surface area contributed by atoms with E-state index in [1.165, 1.54) is 24.1 Å². The summed E-state index contributed by atoms with van der Waals surface area (Å²) in [7, 11) is 1.47. The molecule has 1 heterocycles. The van der Waals surface area contributed by atoms with Crippen LogP contribution in [0.5, 0.6) is 23.0 Å². The predicted octanol–water partition coefficient (Wildman–Crippen LogP) is 3.93. The normalized spacial score (nSPS) is 16.8. The van der Waals surface area contributed by atoms with E-state index in [2.05, 4.69) is 4.74 Å². The smallest absolute Gasteiger partial charge is 0.493 e. The molecule has 0 aliphatic carbocycles. The Morgan fingerprint density at radius 2 is 1.72 bits per heavy atom. The fourth-order valence-electron chi connectivity index (χ4n) is 3.10. The second-order valence-corrected chi connectivity index (χ2v) is 7.84. The maximum Gasteiger partial charge on any atom is 0.573 e. The number of amides is 1. The van der Waals surface area contributed by atoms with Crippen molar-refractivity contribution in [2.24, 2.45) is 0 Å². The van der Waals surface area contributed by atoms with E-state index in [0.717, 1.165) is 12.1 Å². The van der Waals surface area contributed by atoms with Gasteiger partial charge in [0.15, 0.2) is 17.6 Å². The molecule has 0 radical (unpaired) electrons. The first-order valence-corrected chi connectivity index (χ1v) is 9.82. The van der Waals surface area contributed by atoms with Crippen LogP contribution in [0.4, 0.5) is 18.9 Å². The first kappa shape index (κ1) is 23.5. The number of methoxy groups -OCH3 is 1. The van der Waals surface area contributed by atoms with Crippen LogP contribution in [-0.4, -0.2) is 49.3 Å². The average molecular weight is 455 g/mol. The number of anilines is 1. The Morgan fingerprint density at radius 3 is 2.31 bits per heavy atom. The minimum Gasteiger partial charge on any atom is -0.493 e. The summed E-state index contributed by atoms with van der Waals surface area (Å²) >= 11 is 0. The molecule has 10 heteroatoms. The molecular formula is C22H24F3NO6. The quantitative estimate of drug-likeness (QED) is 0.650. The molecule has 0 aromatic heterocycles. The molecule has 0 spiro atoms. The number of hydrogen-bond acceptors (Lipinski definition) is 6. The van der Waals surface area contributed by atoms with Gasteiger partial charge in [0.2, 0.25) is 0 Å². The van der Waals surface area contributed by atoms with Crippen molar-refractivity contribution in [1.29, 1.82) is 0 Å². The highest BCUT2D eigenvalue weighted by atomic mass is 19.4. The molecule has 1 unspecified atom stereocenters. The Hall–Kier alpha value is -3.14. The number of carbonyl (C=O) groups is 1. The lowest BCUT2D eigenvalue weighted by molar-refractivity contribution is -0.274. The van der Waals surface area contributed by atoms with Crippen LogP contribution in [0.25, 0.3) is 0 Å². The van der Waals surface area contributed by atoms with Crippen LogP contribution in [0.15, 0.2) is 42.5 Å². The number of nitrogens with zero attached hydrogens (tertiary/aromatic N) is 1. The zero-order chi connectivity index (χ0) is 23.5. The first-order valence-electron chi connectivity index (χ1n) is 9.82. The molecule has 3 rings (SSSR count). The molecule has 1 atom stereocenters. The number of ether oxygens (including phenoxy) is 4. The summed E-state index contributed by atoms with van der Waals surface area (Å²) in [6.07, 6.45) is -5.15. The van der Waals surface area contributed by atoms with Gasteiger partial charge in [0.05, 0.1) is 12.7 Å². The predicted molar refractivity (Wildman–Crippen MR) is 109 cm³/mol. The molecule has 1 aliphatic rings. The summed E-state index contributed by atoms with van der Waals surface area (Å²) in [4.78, 5) is 14.4. The van der Waals surface area contributed by atoms with Crippen molar-refractivity contribution in [3.63, 3.8) is 0 Å². The van der Waals surface area contributed by atoms with Gasteiger partial charge in [-0.05, 0) is 50.2 Å². The van der Waals surface area contributed by atoms with E-state index in [4.69, 9.17) is 14.2 Å². The largest absolute Gasteiger partial charge is 0.573 e. The number of carbonyl (C=O) groups excluding carboxylic acids is 1. The van der Waals surface area contributed by atoms with E-state index in [0.29, 0.717) is 30.2 Å². The minimum absolute atomic E-state index is 0.0636. The van der Waals surface area contributed by atoms with Crippen molar-refractivity contribution < 1.29 is 42.0 Å². The van der Waals surface area contributed by atoms with E-state index < -0.39 is 18.1 Å². The highest BCUT2D eigenvalue weighted by Gasteiger charge is 2.35. The van der Waals surface area contributed by atoms with E-state index in [1.54, 1.807) is 32.0 Å². The maximum atomic E-state index is 12.8. The van der Waals surface area contributed by atoms with E-state index in [9.17, 15) is 23.1 Å². The molecule has 1 saturated heterocycles. The van der Waals surface area contributed by atoms with Gasteiger partial charge < -0.3 is 29.0 Å². The van der Waals surface area contributed by atoms with E-state index in [-0.39, 0.29) is 24.0 Å². The third-order valence-electron chi connectivity index (χ3n) is 4.53. The van der Waals surface area contributed by atoms with Crippen molar-refractivity contribution in [2.45, 2.75) is 38.3 Å². The molecule has 1 aliphatic heterocycles. The Labute approximate surface area is 183 Å². The second kappa shape index (κ2) is 9.15. The minimum atomic E-state index is -4.78. The van der Waals surface area contributed by atoms with Gasteiger partial charge in [-0.3, -0.25) is 4.79 Å². The van der Waals surface area contributed by atoms with Crippen LogP contribution in [0.1, 0.15) is 20.3 Å². The lowest BCUT2D eigenvalue weighted by Gasteiger charge is -2.21. The number of hydrogen-bond donors (Lipinski definition) is 1. The Bertz CT molecular complexity index is 940. The fourth-order valence-corrected chi connectivity index (χ4v) is 3.10. The molecule has 0 bridgehead atoms. The first-order chi connectivity index (χ1) is 14.9. The standard InChI is InChI=1S/C22H24F3NO6/c1-21(2,28)13-30-17-9-4-14(12-19(17)29-3)26-11-10-18(20(26)27)31-15-5-7-16(8-6-15)32-22(23,24)25/h4-9,12,18,28H,10-11,13H2,1-3H3. The molecule has 1 fully saturated rings. The number of benzene rings is 2. The van der Waals surface area contributed by atoms with E-state index in [1.807, 2.05) is 0 Å². The zero-order valence-corrected chi connectivity index (χ0v) is 17.8. The van der Waals surface area contributed by atoms with Crippen molar-refractivity contribution in [3.05, 3.63) is 42.5 Å². The molecule has 174 valence electrons. The number of alkyl halides is 3. The molecule has 2 aromatic rings. The SMILES string of the molecule is COc1cc(N2CCC(Oc3ccc(OC(F)(F)F)cc3)C2=O)ccc1OCC(C)(C)O. The van der Waals surface area contributed by atoms with Gasteiger partial charge >= 0.3 is 6.36 Å². The number of rotatable bonds is 8. The highest BCUT2D eigenvalue weighted by molar-refractivity contribution is 5.99. The topological polar surface area (TPSA) is 77.5 Å². The van der Waals surface area contributed by atoms with Crippen LogP contribution in [0.2, 0.25) is 0 Å². The second-order valence-electron chi connectivity index (χ2n) is 7.84. The number of halogens is 3. The van der Waals surface area contributed by atoms with Crippen LogP contribution in [0, 0.1) is 0 Å². The molecule has 2 aromatic carbocycles. The molecule has 7 nitrogen and oxygen atoms in total. The molecule has 32 heavy (non-hydrogen) atoms. The fraction of sp³-hybridized carbons (Fsp3) is 0.409. The summed E-state index contributed by atoms with van der Waals surface area (Å²) in [5.41, 5.74) is -0.432. The van der Waals surface area contributed by atoms with Crippen molar-refractivity contribution in [3.8, 4) is 23.0 Å². The summed E-state index contributed by atoms with van der Waals surface area (Å²) in [6.45, 7) is 3.70. The van der Waals surface area contributed by atoms with Crippen molar-refractivity contribution in [2.75, 3.05) is 25.2 Å². The Balaban J connectivity index is 1.66. The van der Waals surface area contributed by atoms with Gasteiger partial charge in [0, 0.05) is 24.7 Å². The van der Waals surface area contributed by atoms with Crippen LogP contribution >= 0.6 is 0 Å². The lowest BCUT2D eigenvalue weighted by atomic mass is 10.2. The van der Waals surface area contributed by atoms with E-state index >= 15 is 0 Å². The molecule has 1 amide bonds. The van der Waals surface area contributed by atoms with Crippen molar-refractivity contribution in [1.82, 2.24) is 0 Å². The highest BCUT2D eigenvalue weighted by Crippen LogP contribution is 2.34. The van der Waals surface area contributed by atoms with Crippen LogP contribution < -0.4 is 23.8 Å². The summed E-state index contributed by atoms with van der Waals surface area (Å²) in [5, 5.41) is 9.83. The van der Waals surface area contributed by atoms with Gasteiger partial charge in [0.1, 0.15) is 18.1 Å². The Kier molecular flexibility index (Phi) is 6.73. The van der Waals surface area contributed by atoms with Gasteiger partial charge in [0.25, 0.3) is 5.91 Å². The third kappa shape index (κ3) is 6.19. The lowest BCUT2D eigenvalue weighted by Crippen LogP contribution is -2.32. The van der Waals surface area contributed by atoms with Crippen LogP contribution in [0.3, 0.4) is 0 Å². The zero-order valence-electron chi connectivity index (χ0n) is 17.8. The summed E-state index contributed by atoms with van der Waals surface area (Å²) in [5.74, 6) is 0.437. The summed E-state index contributed by atoms with van der Waals surface area (Å²) < 4.78 is 57.2. The maximum absolute atomic E-state index is 12.8. The van der Waals surface area contributed by atoms with Gasteiger partial charge in [-0.2, -0.15) is 0 Å². The Morgan fingerprint density at radius 1 is 1.06 bits per heavy atom. The third-order valence-corrected chi connectivity index (χ3v) is 4.53. The van der Waals surface area contributed by atoms with Crippen LogP contribution in [-0.2, 0) is 4.79 Å².